The van der Waals surface area contributed by atoms with Gasteiger partial charge in [-0.15, -0.1) is 5.10 Å². The second-order valence-corrected chi connectivity index (χ2v) is 7.79. The molecule has 0 bridgehead atoms. The summed E-state index contributed by atoms with van der Waals surface area (Å²) in [7, 11) is 0. The van der Waals surface area contributed by atoms with Gasteiger partial charge in [0.05, 0.1) is 5.36 Å². The van der Waals surface area contributed by atoms with Crippen molar-refractivity contribution < 1.29 is 4.79 Å². The van der Waals surface area contributed by atoms with Gasteiger partial charge in [0.1, 0.15) is 5.70 Å². The molecule has 1 amide bonds. The standard InChI is InChI=1S/C20H19ClN4OS/c1-2-3-12-27-20-23-19(26)17-14-9-5-7-11-16(14)22-18(25(17)24-20)13-8-4-6-10-15(13)21/h4-11,18H,2-3,12H2,1H3,(H,23,24,26)/t18-/m0/s1. The molecule has 27 heavy (non-hydrogen) atoms. The molecule has 4 rings (SSSR count). The molecule has 0 saturated carbocycles. The van der Waals surface area contributed by atoms with Crippen molar-refractivity contribution in [1.29, 1.82) is 0 Å². The Balaban J connectivity index is 1.86. The minimum Gasteiger partial charge on any atom is -0.298 e. The van der Waals surface area contributed by atoms with E-state index in [1.165, 1.54) is 0 Å². The molecule has 0 fully saturated rings. The zero-order valence-corrected chi connectivity index (χ0v) is 16.4. The maximum atomic E-state index is 12.9. The molecular formula is C20H19ClN4OS. The molecular weight excluding hydrogens is 380 g/mol. The predicted octanol–water partition coefficient (Wildman–Crippen LogP) is 3.02. The number of nitrogens with zero attached hydrogens (tertiary/aromatic N) is 3. The second-order valence-electron chi connectivity index (χ2n) is 6.30. The fraction of sp³-hybridized carbons (Fsp3) is 0.250. The molecule has 0 aromatic heterocycles. The number of thioether (sulfide) groups is 1. The Morgan fingerprint density at radius 2 is 1.96 bits per heavy atom. The van der Waals surface area contributed by atoms with Crippen LogP contribution in [0.2, 0.25) is 5.02 Å². The van der Waals surface area contributed by atoms with Crippen molar-refractivity contribution in [2.24, 2.45) is 10.1 Å². The molecule has 5 nitrogen and oxygen atoms in total. The van der Waals surface area contributed by atoms with Crippen molar-refractivity contribution in [3.8, 4) is 0 Å². The third kappa shape index (κ3) is 3.47. The molecule has 2 aromatic carbocycles. The molecule has 7 heteroatoms. The Bertz CT molecular complexity index is 1040. The topological polar surface area (TPSA) is 57.1 Å². The Morgan fingerprint density at radius 3 is 2.78 bits per heavy atom. The molecule has 2 aliphatic rings. The van der Waals surface area contributed by atoms with Gasteiger partial charge in [-0.2, -0.15) is 0 Å². The van der Waals surface area contributed by atoms with Crippen LogP contribution in [-0.4, -0.2) is 21.8 Å². The lowest BCUT2D eigenvalue weighted by Gasteiger charge is -2.34. The maximum absolute atomic E-state index is 12.9. The van der Waals surface area contributed by atoms with Crippen LogP contribution >= 0.6 is 23.4 Å². The number of hydrazone groups is 1. The molecule has 0 unspecified atom stereocenters. The summed E-state index contributed by atoms with van der Waals surface area (Å²) in [5.74, 6) is 0.743. The number of unbranched alkanes of at least 4 members (excludes halogenated alkanes) is 1. The first kappa shape index (κ1) is 18.1. The average molecular weight is 399 g/mol. The molecule has 2 aliphatic heterocycles. The zero-order chi connectivity index (χ0) is 18.8. The smallest absolute Gasteiger partial charge is 0.276 e. The van der Waals surface area contributed by atoms with E-state index in [1.54, 1.807) is 16.8 Å². The SMILES string of the molecule is CCCCSC1=NN2C(=c3ccccc3=N[C@@H]2c2ccccc2Cl)C(=O)N1. The van der Waals surface area contributed by atoms with Crippen LogP contribution in [0.15, 0.2) is 58.6 Å². The van der Waals surface area contributed by atoms with Gasteiger partial charge < -0.3 is 0 Å². The monoisotopic (exact) mass is 398 g/mol. The average Bonchev–Trinajstić information content (AvgIpc) is 2.68. The Morgan fingerprint density at radius 1 is 1.19 bits per heavy atom. The zero-order valence-electron chi connectivity index (χ0n) is 14.9. The molecule has 2 aromatic rings. The lowest BCUT2D eigenvalue weighted by Crippen LogP contribution is -2.50. The first-order chi connectivity index (χ1) is 13.2. The normalized spacial score (nSPS) is 18.2. The summed E-state index contributed by atoms with van der Waals surface area (Å²) in [5, 5.41) is 12.1. The lowest BCUT2D eigenvalue weighted by atomic mass is 10.1. The van der Waals surface area contributed by atoms with Crippen LogP contribution in [0.4, 0.5) is 0 Å². The number of nitrogens with one attached hydrogen (secondary N) is 1. The van der Waals surface area contributed by atoms with E-state index in [9.17, 15) is 4.79 Å². The lowest BCUT2D eigenvalue weighted by molar-refractivity contribution is -0.116. The van der Waals surface area contributed by atoms with Crippen LogP contribution in [-0.2, 0) is 4.79 Å². The number of carbonyl (C=O) groups excluding carboxylic acids is 1. The Kier molecular flexibility index (Phi) is 5.18. The van der Waals surface area contributed by atoms with E-state index in [0.717, 1.165) is 34.7 Å². The van der Waals surface area contributed by atoms with Gasteiger partial charge in [0, 0.05) is 21.6 Å². The van der Waals surface area contributed by atoms with Gasteiger partial charge in [-0.05, 0) is 18.6 Å². The first-order valence-electron chi connectivity index (χ1n) is 8.92. The first-order valence-corrected chi connectivity index (χ1v) is 10.3. The molecule has 0 saturated heterocycles. The van der Waals surface area contributed by atoms with Crippen molar-refractivity contribution in [2.75, 3.05) is 5.75 Å². The van der Waals surface area contributed by atoms with Gasteiger partial charge in [-0.1, -0.05) is 73.1 Å². The van der Waals surface area contributed by atoms with E-state index in [-0.39, 0.29) is 5.91 Å². The highest BCUT2D eigenvalue weighted by Crippen LogP contribution is 2.34. The number of hydrogen-bond donors (Lipinski definition) is 1. The van der Waals surface area contributed by atoms with Crippen molar-refractivity contribution in [1.82, 2.24) is 10.3 Å². The fourth-order valence-electron chi connectivity index (χ4n) is 3.09. The minimum atomic E-state index is -0.476. The quantitative estimate of drug-likeness (QED) is 0.805. The number of amidine groups is 1. The molecule has 2 heterocycles. The third-order valence-electron chi connectivity index (χ3n) is 4.44. The minimum absolute atomic E-state index is 0.164. The summed E-state index contributed by atoms with van der Waals surface area (Å²) in [6, 6.07) is 15.2. The Hall–Kier alpha value is -2.31. The summed E-state index contributed by atoms with van der Waals surface area (Å²) in [5.41, 5.74) is 1.33. The van der Waals surface area contributed by atoms with E-state index in [0.29, 0.717) is 15.9 Å². The van der Waals surface area contributed by atoms with E-state index < -0.39 is 6.17 Å². The maximum Gasteiger partial charge on any atom is 0.276 e. The number of halogens is 1. The molecule has 138 valence electrons. The predicted molar refractivity (Wildman–Crippen MR) is 110 cm³/mol. The van der Waals surface area contributed by atoms with Crippen LogP contribution in [0.1, 0.15) is 31.5 Å². The van der Waals surface area contributed by atoms with Crippen molar-refractivity contribution in [3.63, 3.8) is 0 Å². The molecule has 1 N–H and O–H groups in total. The van der Waals surface area contributed by atoms with E-state index >= 15 is 0 Å². The number of hydrogen-bond acceptors (Lipinski definition) is 5. The van der Waals surface area contributed by atoms with Crippen molar-refractivity contribution >= 4 is 40.1 Å². The molecule has 0 aliphatic carbocycles. The van der Waals surface area contributed by atoms with Gasteiger partial charge in [0.2, 0.25) is 0 Å². The number of amides is 1. The number of fused-ring (bicyclic) bond motifs is 2. The number of rotatable bonds is 4. The number of para-hydroxylation sites is 1. The van der Waals surface area contributed by atoms with Crippen LogP contribution in [0.25, 0.3) is 5.70 Å². The second kappa shape index (κ2) is 7.74. The van der Waals surface area contributed by atoms with Gasteiger partial charge in [0.15, 0.2) is 11.3 Å². The molecule has 0 radical (unpaired) electrons. The molecule has 1 atom stereocenters. The van der Waals surface area contributed by atoms with E-state index in [4.69, 9.17) is 21.7 Å². The van der Waals surface area contributed by atoms with Crippen molar-refractivity contribution in [2.45, 2.75) is 25.9 Å². The van der Waals surface area contributed by atoms with Gasteiger partial charge >= 0.3 is 0 Å². The van der Waals surface area contributed by atoms with Gasteiger partial charge in [-0.3, -0.25) is 15.1 Å². The van der Waals surface area contributed by atoms with Gasteiger partial charge in [-0.25, -0.2) is 5.01 Å². The van der Waals surface area contributed by atoms with Crippen LogP contribution < -0.4 is 15.9 Å². The highest BCUT2D eigenvalue weighted by Gasteiger charge is 2.35. The highest BCUT2D eigenvalue weighted by atomic mass is 35.5. The number of benzene rings is 2. The number of carbonyl (C=O) groups is 1. The summed E-state index contributed by atoms with van der Waals surface area (Å²) < 4.78 is 0. The van der Waals surface area contributed by atoms with Gasteiger partial charge in [0.25, 0.3) is 5.91 Å². The largest absolute Gasteiger partial charge is 0.298 e. The third-order valence-corrected chi connectivity index (χ3v) is 5.73. The summed E-state index contributed by atoms with van der Waals surface area (Å²) >= 11 is 7.99. The summed E-state index contributed by atoms with van der Waals surface area (Å²) in [6.45, 7) is 2.14. The van der Waals surface area contributed by atoms with E-state index in [1.807, 2.05) is 48.5 Å². The van der Waals surface area contributed by atoms with Crippen LogP contribution in [0, 0.1) is 0 Å². The fourth-order valence-corrected chi connectivity index (χ4v) is 4.26. The summed E-state index contributed by atoms with van der Waals surface area (Å²) in [6.07, 6.45) is 1.69. The summed E-state index contributed by atoms with van der Waals surface area (Å²) in [4.78, 5) is 17.8. The van der Waals surface area contributed by atoms with Crippen LogP contribution in [0.3, 0.4) is 0 Å². The van der Waals surface area contributed by atoms with Crippen molar-refractivity contribution in [3.05, 3.63) is 69.7 Å². The highest BCUT2D eigenvalue weighted by molar-refractivity contribution is 8.13. The molecule has 0 spiro atoms. The van der Waals surface area contributed by atoms with E-state index in [2.05, 4.69) is 12.2 Å². The van der Waals surface area contributed by atoms with Crippen LogP contribution in [0.5, 0.6) is 0 Å². The Labute approximate surface area is 166 Å².